The molecule has 0 amide bonds. The van der Waals surface area contributed by atoms with Crippen molar-refractivity contribution in [2.24, 2.45) is 0 Å². The molecule has 0 aliphatic carbocycles. The summed E-state index contributed by atoms with van der Waals surface area (Å²) in [6.07, 6.45) is 0. The first-order chi connectivity index (χ1) is 14.0. The lowest BCUT2D eigenvalue weighted by Crippen LogP contribution is -2.46. The third kappa shape index (κ3) is 4.74. The van der Waals surface area contributed by atoms with Gasteiger partial charge in [-0.1, -0.05) is 30.6 Å². The Kier molecular flexibility index (Phi) is 5.78. The Morgan fingerprint density at radius 3 is 2.45 bits per heavy atom. The van der Waals surface area contributed by atoms with E-state index in [9.17, 15) is 0 Å². The quantitative estimate of drug-likeness (QED) is 0.628. The summed E-state index contributed by atoms with van der Waals surface area (Å²) in [4.78, 5) is 18.5. The average Bonchev–Trinajstić information content (AvgIpc) is 3.17. The van der Waals surface area contributed by atoms with Gasteiger partial charge in [0.1, 0.15) is 11.6 Å². The topological polar surface area (TPSA) is 71.2 Å². The number of anilines is 1. The van der Waals surface area contributed by atoms with Gasteiger partial charge in [0, 0.05) is 54.4 Å². The monoisotopic (exact) mass is 412 g/mol. The van der Waals surface area contributed by atoms with Gasteiger partial charge in [0.05, 0.1) is 6.54 Å². The maximum absolute atomic E-state index is 5.94. The molecule has 4 rings (SSSR count). The minimum absolute atomic E-state index is 0.322. The van der Waals surface area contributed by atoms with Gasteiger partial charge in [-0.2, -0.15) is 4.98 Å². The zero-order valence-corrected chi connectivity index (χ0v) is 17.7. The van der Waals surface area contributed by atoms with Crippen molar-refractivity contribution in [2.75, 3.05) is 31.1 Å². The highest BCUT2D eigenvalue weighted by molar-refractivity contribution is 6.30. The molecule has 0 spiro atoms. The Hall–Kier alpha value is -2.51. The summed E-state index contributed by atoms with van der Waals surface area (Å²) in [6.45, 7) is 10.6. The van der Waals surface area contributed by atoms with Crippen molar-refractivity contribution in [1.29, 1.82) is 0 Å². The van der Waals surface area contributed by atoms with Crippen molar-refractivity contribution in [3.8, 4) is 11.4 Å². The maximum Gasteiger partial charge on any atom is 0.241 e. The van der Waals surface area contributed by atoms with Crippen LogP contribution in [0.1, 0.15) is 37.2 Å². The van der Waals surface area contributed by atoms with Gasteiger partial charge in [-0.15, -0.1) is 0 Å². The van der Waals surface area contributed by atoms with Gasteiger partial charge in [-0.05, 0) is 31.2 Å². The first-order valence-electron chi connectivity index (χ1n) is 9.89. The van der Waals surface area contributed by atoms with E-state index in [0.717, 1.165) is 49.1 Å². The molecule has 0 unspecified atom stereocenters. The highest BCUT2D eigenvalue weighted by Crippen LogP contribution is 2.21. The smallest absolute Gasteiger partial charge is 0.241 e. The fraction of sp³-hybridized carbons (Fsp3) is 0.429. The summed E-state index contributed by atoms with van der Waals surface area (Å²) >= 11 is 5.94. The van der Waals surface area contributed by atoms with Gasteiger partial charge in [0.15, 0.2) is 0 Å². The van der Waals surface area contributed by atoms with Crippen LogP contribution in [0.5, 0.6) is 0 Å². The van der Waals surface area contributed by atoms with Crippen LogP contribution in [0.2, 0.25) is 5.02 Å². The van der Waals surface area contributed by atoms with E-state index in [1.54, 1.807) is 0 Å². The van der Waals surface area contributed by atoms with E-state index in [4.69, 9.17) is 21.1 Å². The predicted molar refractivity (Wildman–Crippen MR) is 113 cm³/mol. The van der Waals surface area contributed by atoms with E-state index in [0.29, 0.717) is 29.2 Å². The number of hydrogen-bond donors (Lipinski definition) is 0. The lowest BCUT2D eigenvalue weighted by molar-refractivity contribution is 0.215. The van der Waals surface area contributed by atoms with Gasteiger partial charge in [0.2, 0.25) is 11.7 Å². The third-order valence-electron chi connectivity index (χ3n) is 5.00. The second-order valence-electron chi connectivity index (χ2n) is 7.66. The van der Waals surface area contributed by atoms with Crippen LogP contribution in [0.15, 0.2) is 34.9 Å². The molecule has 8 heteroatoms. The molecule has 1 saturated heterocycles. The summed E-state index contributed by atoms with van der Waals surface area (Å²) in [7, 11) is 0. The molecule has 2 aromatic heterocycles. The second-order valence-corrected chi connectivity index (χ2v) is 8.10. The van der Waals surface area contributed by atoms with Crippen LogP contribution in [-0.4, -0.2) is 51.2 Å². The summed E-state index contributed by atoms with van der Waals surface area (Å²) in [5.41, 5.74) is 1.91. The van der Waals surface area contributed by atoms with E-state index >= 15 is 0 Å². The fourth-order valence-electron chi connectivity index (χ4n) is 3.36. The second kappa shape index (κ2) is 8.47. The number of benzene rings is 1. The summed E-state index contributed by atoms with van der Waals surface area (Å²) in [6, 6.07) is 9.51. The molecule has 0 N–H and O–H groups in total. The minimum Gasteiger partial charge on any atom is -0.354 e. The van der Waals surface area contributed by atoms with E-state index in [2.05, 4.69) is 44.8 Å². The highest BCUT2D eigenvalue weighted by Gasteiger charge is 2.21. The SMILES string of the molecule is Cc1cc(N2CCN(Cc3nc(-c4ccc(Cl)cc4)no3)CC2)nc(C(C)C)n1. The van der Waals surface area contributed by atoms with E-state index in [1.165, 1.54) is 0 Å². The Bertz CT molecular complexity index is 964. The minimum atomic E-state index is 0.322. The van der Waals surface area contributed by atoms with Gasteiger partial charge in [0.25, 0.3) is 0 Å². The van der Waals surface area contributed by atoms with Crippen molar-refractivity contribution >= 4 is 17.4 Å². The lowest BCUT2D eigenvalue weighted by atomic mass is 10.2. The highest BCUT2D eigenvalue weighted by atomic mass is 35.5. The van der Waals surface area contributed by atoms with Crippen LogP contribution in [0.3, 0.4) is 0 Å². The van der Waals surface area contributed by atoms with Crippen LogP contribution in [0.25, 0.3) is 11.4 Å². The molecule has 3 heterocycles. The molecule has 0 bridgehead atoms. The number of hydrogen-bond acceptors (Lipinski definition) is 7. The van der Waals surface area contributed by atoms with Crippen LogP contribution in [0.4, 0.5) is 5.82 Å². The average molecular weight is 413 g/mol. The summed E-state index contributed by atoms with van der Waals surface area (Å²) < 4.78 is 5.45. The Morgan fingerprint density at radius 2 is 1.76 bits per heavy atom. The Balaban J connectivity index is 1.36. The third-order valence-corrected chi connectivity index (χ3v) is 5.25. The number of aryl methyl sites for hydroxylation is 1. The predicted octanol–water partition coefficient (Wildman–Crippen LogP) is 3.93. The number of rotatable bonds is 5. The van der Waals surface area contributed by atoms with Crippen LogP contribution < -0.4 is 4.90 Å². The molecule has 29 heavy (non-hydrogen) atoms. The first-order valence-corrected chi connectivity index (χ1v) is 10.3. The van der Waals surface area contributed by atoms with E-state index in [1.807, 2.05) is 31.2 Å². The van der Waals surface area contributed by atoms with Crippen LogP contribution in [-0.2, 0) is 6.54 Å². The van der Waals surface area contributed by atoms with Crippen molar-refractivity contribution in [3.05, 3.63) is 52.8 Å². The molecule has 1 aliphatic rings. The zero-order chi connectivity index (χ0) is 20.4. The van der Waals surface area contributed by atoms with Crippen molar-refractivity contribution < 1.29 is 4.52 Å². The lowest BCUT2D eigenvalue weighted by Gasteiger charge is -2.34. The Morgan fingerprint density at radius 1 is 1.03 bits per heavy atom. The standard InChI is InChI=1S/C21H25ClN6O/c1-14(2)20-23-15(3)12-18(24-20)28-10-8-27(9-11-28)13-19-25-21(26-29-19)16-4-6-17(22)7-5-16/h4-7,12,14H,8-11,13H2,1-3H3. The molecular formula is C21H25ClN6O. The van der Waals surface area contributed by atoms with Gasteiger partial charge in [-0.3, -0.25) is 4.90 Å². The van der Waals surface area contributed by atoms with Crippen molar-refractivity contribution in [1.82, 2.24) is 25.0 Å². The van der Waals surface area contributed by atoms with E-state index in [-0.39, 0.29) is 0 Å². The van der Waals surface area contributed by atoms with Crippen molar-refractivity contribution in [3.63, 3.8) is 0 Å². The first kappa shape index (κ1) is 19.8. The zero-order valence-electron chi connectivity index (χ0n) is 17.0. The molecule has 1 aliphatic heterocycles. The van der Waals surface area contributed by atoms with Gasteiger partial charge < -0.3 is 9.42 Å². The number of halogens is 1. The fourth-order valence-corrected chi connectivity index (χ4v) is 3.48. The number of aromatic nitrogens is 4. The maximum atomic E-state index is 5.94. The molecule has 0 radical (unpaired) electrons. The molecule has 7 nitrogen and oxygen atoms in total. The molecular weight excluding hydrogens is 388 g/mol. The number of nitrogens with zero attached hydrogens (tertiary/aromatic N) is 6. The van der Waals surface area contributed by atoms with Crippen LogP contribution >= 0.6 is 11.6 Å². The number of piperazine rings is 1. The molecule has 3 aromatic rings. The largest absolute Gasteiger partial charge is 0.354 e. The summed E-state index contributed by atoms with van der Waals surface area (Å²) in [5, 5.41) is 4.79. The summed E-state index contributed by atoms with van der Waals surface area (Å²) in [5.74, 6) is 3.46. The van der Waals surface area contributed by atoms with Crippen LogP contribution in [0, 0.1) is 6.92 Å². The molecule has 1 fully saturated rings. The normalized spacial score (nSPS) is 15.3. The van der Waals surface area contributed by atoms with Gasteiger partial charge in [-0.25, -0.2) is 9.97 Å². The molecule has 0 atom stereocenters. The molecule has 1 aromatic carbocycles. The Labute approximate surface area is 175 Å². The van der Waals surface area contributed by atoms with Crippen molar-refractivity contribution in [2.45, 2.75) is 33.2 Å². The van der Waals surface area contributed by atoms with Gasteiger partial charge >= 0.3 is 0 Å². The van der Waals surface area contributed by atoms with E-state index < -0.39 is 0 Å². The molecule has 152 valence electrons. The molecule has 0 saturated carbocycles.